The first-order valence-corrected chi connectivity index (χ1v) is 6.74. The fourth-order valence-corrected chi connectivity index (χ4v) is 3.01. The summed E-state index contributed by atoms with van der Waals surface area (Å²) >= 11 is 0. The zero-order valence-electron chi connectivity index (χ0n) is 9.72. The van der Waals surface area contributed by atoms with Gasteiger partial charge in [0, 0.05) is 19.0 Å². The van der Waals surface area contributed by atoms with E-state index in [0.717, 1.165) is 0 Å². The van der Waals surface area contributed by atoms with Gasteiger partial charge in [0.1, 0.15) is 0 Å². The van der Waals surface area contributed by atoms with Crippen molar-refractivity contribution < 1.29 is 18.3 Å². The molecule has 0 amide bonds. The highest BCUT2D eigenvalue weighted by Gasteiger charge is 2.23. The van der Waals surface area contributed by atoms with Crippen LogP contribution in [0, 0.1) is 0 Å². The number of hydrogen-bond donors (Lipinski definition) is 1. The number of carboxylic acid groups (broad SMARTS) is 1. The summed E-state index contributed by atoms with van der Waals surface area (Å²) in [5.41, 5.74) is 0. The van der Waals surface area contributed by atoms with Gasteiger partial charge in [-0.25, -0.2) is 8.42 Å². The quantitative estimate of drug-likeness (QED) is 0.653. The summed E-state index contributed by atoms with van der Waals surface area (Å²) in [6, 6.07) is -0.146. The molecule has 6 heteroatoms. The molecule has 5 nitrogen and oxygen atoms in total. The molecule has 0 heterocycles. The Labute approximate surface area is 96.8 Å². The first-order chi connectivity index (χ1) is 7.31. The molecule has 16 heavy (non-hydrogen) atoms. The van der Waals surface area contributed by atoms with E-state index in [9.17, 15) is 13.2 Å². The fraction of sp³-hybridized carbons (Fsp3) is 0.700. The summed E-state index contributed by atoms with van der Waals surface area (Å²) in [4.78, 5) is 10.3. The van der Waals surface area contributed by atoms with E-state index in [1.54, 1.807) is 13.8 Å². The van der Waals surface area contributed by atoms with E-state index < -0.39 is 16.0 Å². The van der Waals surface area contributed by atoms with Gasteiger partial charge in [0.25, 0.3) is 0 Å². The number of nitrogens with zero attached hydrogens (tertiary/aromatic N) is 1. The zero-order valence-corrected chi connectivity index (χ0v) is 10.5. The minimum Gasteiger partial charge on any atom is -0.481 e. The molecule has 0 unspecified atom stereocenters. The molecule has 0 aromatic carbocycles. The molecule has 0 rings (SSSR count). The molecule has 0 saturated carbocycles. The molecule has 0 radical (unpaired) electrons. The molecule has 0 atom stereocenters. The Bertz CT molecular complexity index is 335. The molecular formula is C10H19NO4S. The van der Waals surface area contributed by atoms with E-state index in [2.05, 4.69) is 6.58 Å². The Hall–Kier alpha value is -0.880. The van der Waals surface area contributed by atoms with Crippen LogP contribution in [0.2, 0.25) is 0 Å². The molecule has 0 aliphatic carbocycles. The molecule has 0 aliphatic rings. The molecule has 0 fully saturated rings. The summed E-state index contributed by atoms with van der Waals surface area (Å²) in [7, 11) is -3.38. The lowest BCUT2D eigenvalue weighted by atomic mass is 10.3. The van der Waals surface area contributed by atoms with Gasteiger partial charge >= 0.3 is 5.97 Å². The maximum absolute atomic E-state index is 11.8. The SMILES string of the molecule is C=CCN(C(C)C)S(=O)(=O)CCCC(=O)O. The number of carboxylic acids is 1. The topological polar surface area (TPSA) is 74.7 Å². The Balaban J connectivity index is 4.48. The van der Waals surface area contributed by atoms with Crippen LogP contribution in [0.3, 0.4) is 0 Å². The minimum atomic E-state index is -3.38. The standard InChI is InChI=1S/C10H19NO4S/c1-4-7-11(9(2)3)16(14,15)8-5-6-10(12)13/h4,9H,1,5-8H2,2-3H3,(H,12,13). The lowest BCUT2D eigenvalue weighted by molar-refractivity contribution is -0.137. The lowest BCUT2D eigenvalue weighted by Gasteiger charge is -2.24. The van der Waals surface area contributed by atoms with Crippen molar-refractivity contribution in [3.63, 3.8) is 0 Å². The van der Waals surface area contributed by atoms with Gasteiger partial charge in [-0.15, -0.1) is 6.58 Å². The first kappa shape index (κ1) is 15.1. The van der Waals surface area contributed by atoms with Crippen molar-refractivity contribution in [2.75, 3.05) is 12.3 Å². The van der Waals surface area contributed by atoms with Crippen LogP contribution in [-0.2, 0) is 14.8 Å². The summed E-state index contributed by atoms with van der Waals surface area (Å²) in [5.74, 6) is -1.11. The van der Waals surface area contributed by atoms with Gasteiger partial charge in [-0.3, -0.25) is 4.79 Å². The smallest absolute Gasteiger partial charge is 0.303 e. The van der Waals surface area contributed by atoms with Crippen LogP contribution in [-0.4, -0.2) is 42.1 Å². The maximum atomic E-state index is 11.8. The van der Waals surface area contributed by atoms with Crippen molar-refractivity contribution in [3.8, 4) is 0 Å². The Morgan fingerprint density at radius 1 is 1.50 bits per heavy atom. The van der Waals surface area contributed by atoms with Gasteiger partial charge in [0.05, 0.1) is 5.75 Å². The lowest BCUT2D eigenvalue weighted by Crippen LogP contribution is -2.38. The largest absolute Gasteiger partial charge is 0.481 e. The first-order valence-electron chi connectivity index (χ1n) is 5.13. The predicted molar refractivity (Wildman–Crippen MR) is 62.7 cm³/mol. The molecule has 0 aromatic rings. The van der Waals surface area contributed by atoms with Crippen LogP contribution < -0.4 is 0 Å². The second kappa shape index (κ2) is 6.65. The highest BCUT2D eigenvalue weighted by Crippen LogP contribution is 2.09. The van der Waals surface area contributed by atoms with Crippen molar-refractivity contribution in [3.05, 3.63) is 12.7 Å². The van der Waals surface area contributed by atoms with Crippen molar-refractivity contribution in [1.29, 1.82) is 0 Å². The normalized spacial score (nSPS) is 12.0. The van der Waals surface area contributed by atoms with E-state index in [1.807, 2.05) is 0 Å². The van der Waals surface area contributed by atoms with E-state index in [-0.39, 0.29) is 31.2 Å². The fourth-order valence-electron chi connectivity index (χ4n) is 1.30. The molecule has 0 saturated heterocycles. The maximum Gasteiger partial charge on any atom is 0.303 e. The number of carbonyl (C=O) groups is 1. The van der Waals surface area contributed by atoms with Gasteiger partial charge in [0.2, 0.25) is 10.0 Å². The van der Waals surface area contributed by atoms with E-state index in [1.165, 1.54) is 10.4 Å². The Morgan fingerprint density at radius 2 is 2.06 bits per heavy atom. The summed E-state index contributed by atoms with van der Waals surface area (Å²) in [6.07, 6.45) is 1.53. The third-order valence-corrected chi connectivity index (χ3v) is 4.13. The van der Waals surface area contributed by atoms with Crippen molar-refractivity contribution in [1.82, 2.24) is 4.31 Å². The van der Waals surface area contributed by atoms with Crippen LogP contribution >= 0.6 is 0 Å². The molecule has 0 aromatic heterocycles. The molecule has 0 bridgehead atoms. The van der Waals surface area contributed by atoms with Gasteiger partial charge in [-0.05, 0) is 20.3 Å². The minimum absolute atomic E-state index is 0.126. The average molecular weight is 249 g/mol. The van der Waals surface area contributed by atoms with Crippen LogP contribution in [0.5, 0.6) is 0 Å². The van der Waals surface area contributed by atoms with E-state index in [0.29, 0.717) is 0 Å². The number of aliphatic carboxylic acids is 1. The third-order valence-electron chi connectivity index (χ3n) is 2.04. The monoisotopic (exact) mass is 249 g/mol. The van der Waals surface area contributed by atoms with Crippen LogP contribution in [0.15, 0.2) is 12.7 Å². The van der Waals surface area contributed by atoms with Crippen molar-refractivity contribution in [2.45, 2.75) is 32.7 Å². The zero-order chi connectivity index (χ0) is 12.8. The Morgan fingerprint density at radius 3 is 2.44 bits per heavy atom. The molecule has 1 N–H and O–H groups in total. The Kier molecular flexibility index (Phi) is 6.28. The average Bonchev–Trinajstić information content (AvgIpc) is 2.12. The van der Waals surface area contributed by atoms with Gasteiger partial charge in [0.15, 0.2) is 0 Å². The van der Waals surface area contributed by atoms with Gasteiger partial charge in [-0.1, -0.05) is 6.08 Å². The summed E-state index contributed by atoms with van der Waals surface area (Å²) in [6.45, 7) is 7.31. The van der Waals surface area contributed by atoms with E-state index >= 15 is 0 Å². The van der Waals surface area contributed by atoms with Crippen molar-refractivity contribution in [2.24, 2.45) is 0 Å². The molecule has 0 spiro atoms. The predicted octanol–water partition coefficient (Wildman–Crippen LogP) is 1.08. The summed E-state index contributed by atoms with van der Waals surface area (Å²) in [5, 5.41) is 8.44. The summed E-state index contributed by atoms with van der Waals surface area (Å²) < 4.78 is 25.0. The number of rotatable bonds is 8. The van der Waals surface area contributed by atoms with Gasteiger partial charge < -0.3 is 5.11 Å². The second-order valence-electron chi connectivity index (χ2n) is 3.77. The van der Waals surface area contributed by atoms with Crippen LogP contribution in [0.4, 0.5) is 0 Å². The molecular weight excluding hydrogens is 230 g/mol. The third kappa shape index (κ3) is 5.27. The highest BCUT2D eigenvalue weighted by molar-refractivity contribution is 7.89. The van der Waals surface area contributed by atoms with Crippen LogP contribution in [0.1, 0.15) is 26.7 Å². The number of sulfonamides is 1. The second-order valence-corrected chi connectivity index (χ2v) is 5.81. The van der Waals surface area contributed by atoms with Gasteiger partial charge in [-0.2, -0.15) is 4.31 Å². The van der Waals surface area contributed by atoms with Crippen LogP contribution in [0.25, 0.3) is 0 Å². The van der Waals surface area contributed by atoms with E-state index in [4.69, 9.17) is 5.11 Å². The van der Waals surface area contributed by atoms with Crippen molar-refractivity contribution >= 4 is 16.0 Å². The molecule has 0 aliphatic heterocycles. The number of hydrogen-bond acceptors (Lipinski definition) is 3. The highest BCUT2D eigenvalue weighted by atomic mass is 32.2. The molecule has 94 valence electrons.